The van der Waals surface area contributed by atoms with Crippen molar-refractivity contribution in [3.8, 4) is 0 Å². The highest BCUT2D eigenvalue weighted by Crippen LogP contribution is 2.43. The molecule has 19 heavy (non-hydrogen) atoms. The van der Waals surface area contributed by atoms with E-state index in [1.807, 2.05) is 0 Å². The Morgan fingerprint density at radius 2 is 2.11 bits per heavy atom. The van der Waals surface area contributed by atoms with Crippen LogP contribution >= 0.6 is 0 Å². The first-order valence-electron chi connectivity index (χ1n) is 5.93. The number of carbonyl (C=O) groups is 1. The predicted molar refractivity (Wildman–Crippen MR) is 65.7 cm³/mol. The van der Waals surface area contributed by atoms with Crippen LogP contribution in [0.4, 0.5) is 11.6 Å². The van der Waals surface area contributed by atoms with Crippen LogP contribution in [0.2, 0.25) is 0 Å². The third kappa shape index (κ3) is 3.15. The van der Waals surface area contributed by atoms with Gasteiger partial charge in [0, 0.05) is 6.54 Å². The molecule has 1 heterocycles. The van der Waals surface area contributed by atoms with Crippen LogP contribution in [-0.4, -0.2) is 32.5 Å². The van der Waals surface area contributed by atoms with Gasteiger partial charge in [-0.2, -0.15) is 0 Å². The zero-order valence-electron chi connectivity index (χ0n) is 10.2. The Kier molecular flexibility index (Phi) is 3.59. The zero-order valence-corrected chi connectivity index (χ0v) is 10.2. The Morgan fingerprint density at radius 3 is 2.53 bits per heavy atom. The van der Waals surface area contributed by atoms with Crippen molar-refractivity contribution in [2.75, 3.05) is 11.9 Å². The summed E-state index contributed by atoms with van der Waals surface area (Å²) < 4.78 is 0. The van der Waals surface area contributed by atoms with Gasteiger partial charge >= 0.3 is 11.7 Å². The number of anilines is 1. The SMILES string of the molecule is O=C(O)CC1(CNc2ncc([N+](=O)[O-])cn2)CCC1. The summed E-state index contributed by atoms with van der Waals surface area (Å²) in [6, 6.07) is 0. The number of carboxylic acid groups (broad SMARTS) is 1. The minimum Gasteiger partial charge on any atom is -0.481 e. The number of hydrogen-bond acceptors (Lipinski definition) is 6. The average molecular weight is 266 g/mol. The highest BCUT2D eigenvalue weighted by molar-refractivity contribution is 5.68. The summed E-state index contributed by atoms with van der Waals surface area (Å²) in [5.41, 5.74) is -0.411. The summed E-state index contributed by atoms with van der Waals surface area (Å²) in [5, 5.41) is 22.3. The number of aliphatic carboxylic acids is 1. The van der Waals surface area contributed by atoms with Gasteiger partial charge in [0.05, 0.1) is 11.3 Å². The molecular weight excluding hydrogens is 252 g/mol. The first-order valence-corrected chi connectivity index (χ1v) is 5.93. The molecule has 0 unspecified atom stereocenters. The molecule has 8 heteroatoms. The minimum atomic E-state index is -0.814. The minimum absolute atomic E-state index is 0.118. The van der Waals surface area contributed by atoms with Crippen molar-refractivity contribution in [3.05, 3.63) is 22.5 Å². The Labute approximate surface area is 109 Å². The Balaban J connectivity index is 1.94. The summed E-state index contributed by atoms with van der Waals surface area (Å²) >= 11 is 0. The van der Waals surface area contributed by atoms with Crippen LogP contribution in [0.1, 0.15) is 25.7 Å². The standard InChI is InChI=1S/C11H14N4O4/c16-9(17)4-11(2-1-3-11)7-14-10-12-5-8(6-13-10)15(18)19/h5-6H,1-4,7H2,(H,16,17)(H,12,13,14). The maximum atomic E-state index is 10.8. The number of aromatic nitrogens is 2. The van der Waals surface area contributed by atoms with E-state index in [1.165, 1.54) is 0 Å². The molecule has 2 rings (SSSR count). The van der Waals surface area contributed by atoms with Gasteiger partial charge < -0.3 is 10.4 Å². The second kappa shape index (κ2) is 5.17. The molecule has 0 spiro atoms. The molecule has 0 saturated heterocycles. The lowest BCUT2D eigenvalue weighted by molar-refractivity contribution is -0.385. The van der Waals surface area contributed by atoms with Crippen LogP contribution in [0.25, 0.3) is 0 Å². The van der Waals surface area contributed by atoms with Gasteiger partial charge in [-0.15, -0.1) is 0 Å². The predicted octanol–water partition coefficient (Wildman–Crippen LogP) is 1.44. The smallest absolute Gasteiger partial charge is 0.305 e. The number of carboxylic acids is 1. The van der Waals surface area contributed by atoms with E-state index in [0.29, 0.717) is 6.54 Å². The molecule has 1 saturated carbocycles. The quantitative estimate of drug-likeness (QED) is 0.590. The molecule has 0 radical (unpaired) electrons. The summed E-state index contributed by atoms with van der Waals surface area (Å²) in [7, 11) is 0. The molecule has 0 amide bonds. The van der Waals surface area contributed by atoms with Crippen LogP contribution in [0.5, 0.6) is 0 Å². The van der Waals surface area contributed by atoms with Gasteiger partial charge in [0.25, 0.3) is 0 Å². The van der Waals surface area contributed by atoms with E-state index in [2.05, 4.69) is 15.3 Å². The monoisotopic (exact) mass is 266 g/mol. The van der Waals surface area contributed by atoms with E-state index in [4.69, 9.17) is 5.11 Å². The van der Waals surface area contributed by atoms with Crippen molar-refractivity contribution < 1.29 is 14.8 Å². The van der Waals surface area contributed by atoms with Gasteiger partial charge in [-0.05, 0) is 18.3 Å². The van der Waals surface area contributed by atoms with Crippen LogP contribution in [0, 0.1) is 15.5 Å². The van der Waals surface area contributed by atoms with Crippen molar-refractivity contribution in [2.24, 2.45) is 5.41 Å². The number of nitrogens with one attached hydrogen (secondary N) is 1. The highest BCUT2D eigenvalue weighted by Gasteiger charge is 2.38. The van der Waals surface area contributed by atoms with Gasteiger partial charge in [-0.3, -0.25) is 14.9 Å². The lowest BCUT2D eigenvalue weighted by Crippen LogP contribution is -2.38. The van der Waals surface area contributed by atoms with Gasteiger partial charge in [0.1, 0.15) is 12.4 Å². The van der Waals surface area contributed by atoms with Crippen molar-refractivity contribution in [3.63, 3.8) is 0 Å². The zero-order chi connectivity index (χ0) is 13.9. The molecule has 1 aromatic heterocycles. The largest absolute Gasteiger partial charge is 0.481 e. The molecule has 0 bridgehead atoms. The summed E-state index contributed by atoms with van der Waals surface area (Å²) in [6.07, 6.45) is 5.11. The summed E-state index contributed by atoms with van der Waals surface area (Å²) in [4.78, 5) is 28.3. The van der Waals surface area contributed by atoms with E-state index in [9.17, 15) is 14.9 Å². The average Bonchev–Trinajstić information content (AvgIpc) is 2.32. The molecule has 1 aliphatic rings. The number of hydrogen-bond donors (Lipinski definition) is 2. The molecule has 0 atom stereocenters. The Bertz CT molecular complexity index is 484. The molecule has 8 nitrogen and oxygen atoms in total. The van der Waals surface area contributed by atoms with Crippen LogP contribution in [0.3, 0.4) is 0 Å². The number of nitrogens with zero attached hydrogens (tertiary/aromatic N) is 3. The Hall–Kier alpha value is -2.25. The maximum absolute atomic E-state index is 10.8. The van der Waals surface area contributed by atoms with Crippen LogP contribution < -0.4 is 5.32 Å². The van der Waals surface area contributed by atoms with E-state index in [1.54, 1.807) is 0 Å². The Morgan fingerprint density at radius 1 is 1.47 bits per heavy atom. The fourth-order valence-electron chi connectivity index (χ4n) is 2.19. The fraction of sp³-hybridized carbons (Fsp3) is 0.545. The van der Waals surface area contributed by atoms with Gasteiger partial charge in [0.15, 0.2) is 0 Å². The molecule has 1 aromatic rings. The molecular formula is C11H14N4O4. The molecule has 102 valence electrons. The number of nitro groups is 1. The molecule has 2 N–H and O–H groups in total. The number of rotatable bonds is 6. The van der Waals surface area contributed by atoms with Gasteiger partial charge in [-0.1, -0.05) is 6.42 Å². The molecule has 1 fully saturated rings. The molecule has 0 aliphatic heterocycles. The van der Waals surface area contributed by atoms with Crippen molar-refractivity contribution in [2.45, 2.75) is 25.7 Å². The topological polar surface area (TPSA) is 118 Å². The summed E-state index contributed by atoms with van der Waals surface area (Å²) in [6.45, 7) is 0.469. The fourth-order valence-corrected chi connectivity index (χ4v) is 2.19. The first-order chi connectivity index (χ1) is 9.01. The second-order valence-corrected chi connectivity index (χ2v) is 4.80. The van der Waals surface area contributed by atoms with E-state index < -0.39 is 10.9 Å². The van der Waals surface area contributed by atoms with E-state index in [-0.39, 0.29) is 23.5 Å². The van der Waals surface area contributed by atoms with Crippen molar-refractivity contribution >= 4 is 17.6 Å². The van der Waals surface area contributed by atoms with Crippen molar-refractivity contribution in [1.82, 2.24) is 9.97 Å². The normalized spacial score (nSPS) is 16.4. The maximum Gasteiger partial charge on any atom is 0.305 e. The van der Waals surface area contributed by atoms with E-state index >= 15 is 0 Å². The first kappa shape index (κ1) is 13.2. The van der Waals surface area contributed by atoms with Crippen LogP contribution in [0.15, 0.2) is 12.4 Å². The molecule has 1 aliphatic carbocycles. The van der Waals surface area contributed by atoms with Crippen molar-refractivity contribution in [1.29, 1.82) is 0 Å². The van der Waals surface area contributed by atoms with E-state index in [0.717, 1.165) is 31.7 Å². The van der Waals surface area contributed by atoms with Gasteiger partial charge in [-0.25, -0.2) is 9.97 Å². The van der Waals surface area contributed by atoms with Gasteiger partial charge in [0.2, 0.25) is 5.95 Å². The highest BCUT2D eigenvalue weighted by atomic mass is 16.6. The van der Waals surface area contributed by atoms with Crippen LogP contribution in [-0.2, 0) is 4.79 Å². The third-order valence-electron chi connectivity index (χ3n) is 3.41. The lowest BCUT2D eigenvalue weighted by Gasteiger charge is -2.40. The second-order valence-electron chi connectivity index (χ2n) is 4.80. The lowest BCUT2D eigenvalue weighted by atomic mass is 9.66. The third-order valence-corrected chi connectivity index (χ3v) is 3.41. The molecule has 0 aromatic carbocycles. The summed E-state index contributed by atoms with van der Waals surface area (Å²) in [5.74, 6) is -0.534.